The van der Waals surface area contributed by atoms with Gasteiger partial charge in [-0.2, -0.15) is 0 Å². The number of benzene rings is 1. The van der Waals surface area contributed by atoms with Crippen LogP contribution in [0.2, 0.25) is 0 Å². The van der Waals surface area contributed by atoms with Crippen molar-refractivity contribution in [2.24, 2.45) is 0 Å². The molecule has 0 bridgehead atoms. The molecule has 0 unspecified atom stereocenters. The molecule has 0 aliphatic rings. The smallest absolute Gasteiger partial charge is 0.241 e. The molecule has 0 saturated carbocycles. The zero-order chi connectivity index (χ0) is 17.9. The lowest BCUT2D eigenvalue weighted by Gasteiger charge is -2.08. The first-order chi connectivity index (χ1) is 12.7. The molecule has 0 aliphatic heterocycles. The third-order valence-electron chi connectivity index (χ3n) is 4.03. The molecular formula is C19H22N6O. The van der Waals surface area contributed by atoms with Gasteiger partial charge in [0.2, 0.25) is 5.95 Å². The van der Waals surface area contributed by atoms with E-state index in [4.69, 9.17) is 4.74 Å². The van der Waals surface area contributed by atoms with Crippen molar-refractivity contribution >= 4 is 22.5 Å². The Bertz CT molecular complexity index is 1050. The van der Waals surface area contributed by atoms with E-state index in [0.29, 0.717) is 19.1 Å². The molecule has 0 fully saturated rings. The number of anilines is 1. The first-order valence-corrected chi connectivity index (χ1v) is 8.62. The van der Waals surface area contributed by atoms with E-state index in [1.54, 1.807) is 12.4 Å². The predicted octanol–water partition coefficient (Wildman–Crippen LogP) is 3.42. The third kappa shape index (κ3) is 3.34. The van der Waals surface area contributed by atoms with Crippen molar-refractivity contribution in [2.45, 2.75) is 20.0 Å². The fourth-order valence-corrected chi connectivity index (χ4v) is 2.81. The van der Waals surface area contributed by atoms with E-state index in [9.17, 15) is 0 Å². The van der Waals surface area contributed by atoms with Crippen LogP contribution in [0.3, 0.4) is 0 Å². The highest BCUT2D eigenvalue weighted by atomic mass is 16.5. The Kier molecular flexibility index (Phi) is 4.45. The summed E-state index contributed by atoms with van der Waals surface area (Å²) in [7, 11) is 0. The number of hydrogen-bond donors (Lipinski definition) is 1. The van der Waals surface area contributed by atoms with E-state index in [1.165, 1.54) is 0 Å². The quantitative estimate of drug-likeness (QED) is 0.537. The van der Waals surface area contributed by atoms with Crippen LogP contribution in [0.4, 0.5) is 5.95 Å². The average molecular weight is 350 g/mol. The van der Waals surface area contributed by atoms with Crippen LogP contribution in [0.25, 0.3) is 27.7 Å². The van der Waals surface area contributed by atoms with Crippen LogP contribution < -0.4 is 5.32 Å². The molecule has 0 spiro atoms. The largest absolute Gasteiger partial charge is 0.377 e. The van der Waals surface area contributed by atoms with Gasteiger partial charge in [-0.1, -0.05) is 6.07 Å². The Morgan fingerprint density at radius 2 is 1.96 bits per heavy atom. The number of ether oxygens (including phenoxy) is 1. The lowest BCUT2D eigenvalue weighted by Crippen LogP contribution is -2.15. The van der Waals surface area contributed by atoms with Crippen molar-refractivity contribution in [1.29, 1.82) is 0 Å². The molecule has 0 aliphatic carbocycles. The summed E-state index contributed by atoms with van der Waals surface area (Å²) < 4.78 is 7.34. The van der Waals surface area contributed by atoms with Gasteiger partial charge in [0.15, 0.2) is 0 Å². The Balaban J connectivity index is 0.00000210. The van der Waals surface area contributed by atoms with E-state index >= 15 is 0 Å². The molecule has 134 valence electrons. The summed E-state index contributed by atoms with van der Waals surface area (Å²) in [6.45, 7) is 5.32. The Morgan fingerprint density at radius 1 is 1.12 bits per heavy atom. The minimum atomic E-state index is 0. The van der Waals surface area contributed by atoms with Gasteiger partial charge in [0.1, 0.15) is 0 Å². The minimum absolute atomic E-state index is 0. The van der Waals surface area contributed by atoms with Gasteiger partial charge < -0.3 is 10.1 Å². The van der Waals surface area contributed by atoms with Crippen molar-refractivity contribution in [3.63, 3.8) is 0 Å². The minimum Gasteiger partial charge on any atom is -0.377 e. The molecule has 7 heteroatoms. The highest BCUT2D eigenvalue weighted by Crippen LogP contribution is 2.27. The van der Waals surface area contributed by atoms with E-state index in [0.717, 1.165) is 27.7 Å². The molecule has 3 aromatic heterocycles. The molecule has 26 heavy (non-hydrogen) atoms. The van der Waals surface area contributed by atoms with E-state index in [-0.39, 0.29) is 7.53 Å². The fourth-order valence-electron chi connectivity index (χ4n) is 2.81. The molecule has 0 atom stereocenters. The van der Waals surface area contributed by atoms with Crippen molar-refractivity contribution in [3.05, 3.63) is 49.1 Å². The summed E-state index contributed by atoms with van der Waals surface area (Å²) in [5, 5.41) is 7.69. The molecule has 3 heterocycles. The van der Waals surface area contributed by atoms with Crippen molar-refractivity contribution < 1.29 is 6.16 Å². The van der Waals surface area contributed by atoms with Gasteiger partial charge in [-0.05, 0) is 37.6 Å². The number of hydrogen-bond acceptors (Lipinski definition) is 6. The second kappa shape index (κ2) is 7.05. The van der Waals surface area contributed by atoms with Crippen molar-refractivity contribution in [1.82, 2.24) is 24.6 Å². The molecular weight excluding hydrogens is 328 g/mol. The fraction of sp³-hybridized carbons (Fsp3) is 0.263. The molecule has 4 rings (SSSR count). The summed E-state index contributed by atoms with van der Waals surface area (Å²) >= 11 is 0. The topological polar surface area (TPSA) is 77.2 Å². The Labute approximate surface area is 152 Å². The summed E-state index contributed by atoms with van der Waals surface area (Å²) in [5.41, 5.74) is 4.82. The Hall–Kier alpha value is -3.06. The standard InChI is InChI=1S/C19H20N6O.H2/c1-13(2)26-10-8-22-19-23-12-18-15(5-9-25(18)24-19)14-3-4-16-17(11-14)21-7-6-20-16;/h3-7,9,11-13H,8,10H2,1-2H3,(H,22,24);1H. The lowest BCUT2D eigenvalue weighted by molar-refractivity contribution is 0.0869. The van der Waals surface area contributed by atoms with Crippen LogP contribution in [-0.4, -0.2) is 43.8 Å². The monoisotopic (exact) mass is 350 g/mol. The second-order valence-corrected chi connectivity index (χ2v) is 6.25. The van der Waals surface area contributed by atoms with Crippen LogP contribution in [0, 0.1) is 0 Å². The summed E-state index contributed by atoms with van der Waals surface area (Å²) in [6.07, 6.45) is 7.38. The number of nitrogens with one attached hydrogen (secondary N) is 1. The van der Waals surface area contributed by atoms with Crippen LogP contribution in [0.5, 0.6) is 0 Å². The zero-order valence-electron chi connectivity index (χ0n) is 14.8. The van der Waals surface area contributed by atoms with Gasteiger partial charge in [-0.15, -0.1) is 5.10 Å². The van der Waals surface area contributed by atoms with Crippen molar-refractivity contribution in [3.8, 4) is 11.1 Å². The number of nitrogens with zero attached hydrogens (tertiary/aromatic N) is 5. The van der Waals surface area contributed by atoms with Crippen LogP contribution in [0.15, 0.2) is 49.1 Å². The number of rotatable bonds is 6. The van der Waals surface area contributed by atoms with Gasteiger partial charge in [0.25, 0.3) is 0 Å². The normalized spacial score (nSPS) is 11.5. The summed E-state index contributed by atoms with van der Waals surface area (Å²) in [4.78, 5) is 13.1. The van der Waals surface area contributed by atoms with Gasteiger partial charge >= 0.3 is 0 Å². The highest BCUT2D eigenvalue weighted by molar-refractivity contribution is 5.86. The summed E-state index contributed by atoms with van der Waals surface area (Å²) in [5.74, 6) is 0.580. The molecule has 1 N–H and O–H groups in total. The van der Waals surface area contributed by atoms with Gasteiger partial charge in [-0.3, -0.25) is 9.97 Å². The lowest BCUT2D eigenvalue weighted by atomic mass is 10.1. The first kappa shape index (κ1) is 16.4. The van der Waals surface area contributed by atoms with E-state index in [1.807, 2.05) is 55.0 Å². The van der Waals surface area contributed by atoms with Crippen LogP contribution in [0.1, 0.15) is 15.3 Å². The molecule has 0 radical (unpaired) electrons. The van der Waals surface area contributed by atoms with Crippen LogP contribution in [-0.2, 0) is 4.74 Å². The molecule has 7 nitrogen and oxygen atoms in total. The SMILES string of the molecule is CC(C)OCCNc1ncc2c(-c3ccc4nccnc4c3)ccn2n1.[HH]. The predicted molar refractivity (Wildman–Crippen MR) is 103 cm³/mol. The number of aromatic nitrogens is 5. The van der Waals surface area contributed by atoms with Gasteiger partial charge in [-0.25, -0.2) is 9.50 Å². The van der Waals surface area contributed by atoms with Gasteiger partial charge in [0.05, 0.1) is 35.5 Å². The average Bonchev–Trinajstić information content (AvgIpc) is 3.08. The van der Waals surface area contributed by atoms with Crippen molar-refractivity contribution in [2.75, 3.05) is 18.5 Å². The van der Waals surface area contributed by atoms with E-state index in [2.05, 4.69) is 25.4 Å². The second-order valence-electron chi connectivity index (χ2n) is 6.25. The van der Waals surface area contributed by atoms with E-state index < -0.39 is 0 Å². The zero-order valence-corrected chi connectivity index (χ0v) is 14.8. The number of fused-ring (bicyclic) bond motifs is 2. The maximum atomic E-state index is 5.51. The molecule has 0 saturated heterocycles. The first-order valence-electron chi connectivity index (χ1n) is 8.62. The molecule has 4 aromatic rings. The molecule has 0 amide bonds. The van der Waals surface area contributed by atoms with Gasteiger partial charge in [0, 0.05) is 32.1 Å². The van der Waals surface area contributed by atoms with Crippen LogP contribution >= 0.6 is 0 Å². The highest BCUT2D eigenvalue weighted by Gasteiger charge is 2.09. The third-order valence-corrected chi connectivity index (χ3v) is 4.03. The maximum Gasteiger partial charge on any atom is 0.241 e. The molecule has 1 aromatic carbocycles. The summed E-state index contributed by atoms with van der Waals surface area (Å²) in [6, 6.07) is 8.09. The Morgan fingerprint density at radius 3 is 2.81 bits per heavy atom. The maximum absolute atomic E-state index is 5.51.